The molecule has 2 heteroatoms. The molecule has 0 amide bonds. The number of pyridine rings is 1. The zero-order chi connectivity index (χ0) is 7.56. The Balaban J connectivity index is 3.00. The summed E-state index contributed by atoms with van der Waals surface area (Å²) in [6.45, 7) is 5.59. The lowest BCUT2D eigenvalue weighted by molar-refractivity contribution is 0.472. The summed E-state index contributed by atoms with van der Waals surface area (Å²) in [6, 6.07) is 3.33. The van der Waals surface area contributed by atoms with Crippen molar-refractivity contribution in [3.8, 4) is 5.75 Å². The highest BCUT2D eigenvalue weighted by Gasteiger charge is 1.92. The summed E-state index contributed by atoms with van der Waals surface area (Å²) in [5.74, 6) is 0.185. The molecule has 0 aliphatic heterocycles. The van der Waals surface area contributed by atoms with E-state index in [1.807, 2.05) is 6.92 Å². The smallest absolute Gasteiger partial charge is 0.133 e. The van der Waals surface area contributed by atoms with Crippen molar-refractivity contribution in [2.24, 2.45) is 0 Å². The van der Waals surface area contributed by atoms with Gasteiger partial charge in [0.15, 0.2) is 0 Å². The summed E-state index contributed by atoms with van der Waals surface area (Å²) in [7, 11) is 0. The monoisotopic (exact) mass is 135 g/mol. The molecule has 0 fully saturated rings. The molecule has 1 aromatic heterocycles. The molecule has 0 aliphatic rings. The highest BCUT2D eigenvalue weighted by atomic mass is 16.3. The van der Waals surface area contributed by atoms with E-state index in [0.29, 0.717) is 0 Å². The van der Waals surface area contributed by atoms with Gasteiger partial charge in [-0.3, -0.25) is 4.98 Å². The number of hydrogen-bond acceptors (Lipinski definition) is 2. The maximum atomic E-state index is 8.85. The lowest BCUT2D eigenvalue weighted by atomic mass is 10.2. The summed E-state index contributed by atoms with van der Waals surface area (Å²) in [5.41, 5.74) is 1.72. The van der Waals surface area contributed by atoms with Gasteiger partial charge < -0.3 is 5.11 Å². The van der Waals surface area contributed by atoms with Crippen molar-refractivity contribution < 1.29 is 5.11 Å². The van der Waals surface area contributed by atoms with Gasteiger partial charge in [-0.05, 0) is 24.6 Å². The summed E-state index contributed by atoms with van der Waals surface area (Å²) < 4.78 is 0. The van der Waals surface area contributed by atoms with Crippen molar-refractivity contribution in [2.45, 2.75) is 6.92 Å². The molecule has 0 saturated heterocycles. The molecule has 0 aromatic carbocycles. The Morgan fingerprint density at radius 1 is 1.60 bits per heavy atom. The van der Waals surface area contributed by atoms with Gasteiger partial charge in [0.2, 0.25) is 0 Å². The first-order valence-corrected chi connectivity index (χ1v) is 3.01. The lowest BCUT2D eigenvalue weighted by Crippen LogP contribution is -1.81. The Labute approximate surface area is 59.9 Å². The third-order valence-corrected chi connectivity index (χ3v) is 1.19. The van der Waals surface area contributed by atoms with Crippen LogP contribution in [0, 0.1) is 0 Å². The average molecular weight is 135 g/mol. The lowest BCUT2D eigenvalue weighted by Gasteiger charge is -1.96. The number of aromatic nitrogens is 1. The second kappa shape index (κ2) is 2.52. The van der Waals surface area contributed by atoms with E-state index in [0.717, 1.165) is 11.3 Å². The van der Waals surface area contributed by atoms with Crippen LogP contribution < -0.4 is 0 Å². The maximum absolute atomic E-state index is 8.85. The first-order valence-electron chi connectivity index (χ1n) is 3.01. The van der Waals surface area contributed by atoms with Crippen LogP contribution in [0.15, 0.2) is 24.9 Å². The minimum Gasteiger partial charge on any atom is -0.506 e. The van der Waals surface area contributed by atoms with Gasteiger partial charge in [-0.1, -0.05) is 6.58 Å². The minimum absolute atomic E-state index is 0.185. The van der Waals surface area contributed by atoms with Crippen molar-refractivity contribution in [1.82, 2.24) is 4.98 Å². The third kappa shape index (κ3) is 1.35. The van der Waals surface area contributed by atoms with Gasteiger partial charge >= 0.3 is 0 Å². The molecule has 0 radical (unpaired) electrons. The molecule has 1 heterocycles. The second-order valence-corrected chi connectivity index (χ2v) is 2.18. The van der Waals surface area contributed by atoms with Crippen LogP contribution in [0.2, 0.25) is 0 Å². The van der Waals surface area contributed by atoms with Gasteiger partial charge in [0.1, 0.15) is 5.75 Å². The average Bonchev–Trinajstić information content (AvgIpc) is 1.88. The Bertz CT molecular complexity index is 238. The van der Waals surface area contributed by atoms with Gasteiger partial charge in [0, 0.05) is 0 Å². The molecule has 1 rings (SSSR count). The number of aromatic hydroxyl groups is 1. The number of nitrogens with zero attached hydrogens (tertiary/aromatic N) is 1. The van der Waals surface area contributed by atoms with Crippen LogP contribution in [0.1, 0.15) is 12.6 Å². The maximum Gasteiger partial charge on any atom is 0.133 e. The molecular formula is C8H9NO. The van der Waals surface area contributed by atoms with Crippen LogP contribution >= 0.6 is 0 Å². The Morgan fingerprint density at radius 3 is 2.70 bits per heavy atom. The first kappa shape index (κ1) is 6.81. The molecule has 10 heavy (non-hydrogen) atoms. The topological polar surface area (TPSA) is 33.1 Å². The van der Waals surface area contributed by atoms with Crippen molar-refractivity contribution in [1.29, 1.82) is 0 Å². The van der Waals surface area contributed by atoms with Crippen LogP contribution in [0.25, 0.3) is 5.57 Å². The van der Waals surface area contributed by atoms with E-state index in [1.165, 1.54) is 6.20 Å². The van der Waals surface area contributed by atoms with Crippen molar-refractivity contribution in [3.63, 3.8) is 0 Å². The van der Waals surface area contributed by atoms with Crippen LogP contribution in [0.4, 0.5) is 0 Å². The van der Waals surface area contributed by atoms with Crippen LogP contribution in [-0.2, 0) is 0 Å². The molecule has 1 N–H and O–H groups in total. The first-order chi connectivity index (χ1) is 4.70. The number of hydrogen-bond donors (Lipinski definition) is 1. The summed E-state index contributed by atoms with van der Waals surface area (Å²) >= 11 is 0. The Morgan fingerprint density at radius 2 is 2.30 bits per heavy atom. The normalized spacial score (nSPS) is 9.30. The second-order valence-electron chi connectivity index (χ2n) is 2.18. The molecule has 0 spiro atoms. The van der Waals surface area contributed by atoms with Crippen molar-refractivity contribution in [2.75, 3.05) is 0 Å². The zero-order valence-corrected chi connectivity index (χ0v) is 5.83. The van der Waals surface area contributed by atoms with E-state index in [1.54, 1.807) is 12.1 Å². The summed E-state index contributed by atoms with van der Waals surface area (Å²) in [4.78, 5) is 3.93. The Kier molecular flexibility index (Phi) is 1.71. The zero-order valence-electron chi connectivity index (χ0n) is 5.83. The number of rotatable bonds is 1. The minimum atomic E-state index is 0.185. The molecule has 0 bridgehead atoms. The van der Waals surface area contributed by atoms with Crippen LogP contribution in [0.5, 0.6) is 5.75 Å². The highest BCUT2D eigenvalue weighted by Crippen LogP contribution is 2.11. The standard InChI is InChI=1S/C8H9NO/c1-6(2)8-4-3-7(10)5-9-8/h3-5,10H,1H2,2H3. The quantitative estimate of drug-likeness (QED) is 0.637. The van der Waals surface area contributed by atoms with Gasteiger partial charge in [-0.2, -0.15) is 0 Å². The molecule has 0 unspecified atom stereocenters. The van der Waals surface area contributed by atoms with Crippen LogP contribution in [0.3, 0.4) is 0 Å². The fraction of sp³-hybridized carbons (Fsp3) is 0.125. The molecule has 0 saturated carbocycles. The van der Waals surface area contributed by atoms with E-state index in [4.69, 9.17) is 5.11 Å². The van der Waals surface area contributed by atoms with E-state index >= 15 is 0 Å². The number of allylic oxidation sites excluding steroid dienone is 1. The fourth-order valence-electron chi connectivity index (χ4n) is 0.639. The molecular weight excluding hydrogens is 126 g/mol. The molecule has 52 valence electrons. The van der Waals surface area contributed by atoms with E-state index < -0.39 is 0 Å². The molecule has 2 nitrogen and oxygen atoms in total. The predicted octanol–water partition coefficient (Wildman–Crippen LogP) is 1.82. The van der Waals surface area contributed by atoms with E-state index in [2.05, 4.69) is 11.6 Å². The molecule has 0 atom stereocenters. The van der Waals surface area contributed by atoms with Crippen molar-refractivity contribution >= 4 is 5.57 Å². The molecule has 1 aromatic rings. The van der Waals surface area contributed by atoms with Gasteiger partial charge in [-0.25, -0.2) is 0 Å². The van der Waals surface area contributed by atoms with E-state index in [-0.39, 0.29) is 5.75 Å². The van der Waals surface area contributed by atoms with Crippen LogP contribution in [-0.4, -0.2) is 10.1 Å². The fourth-order valence-corrected chi connectivity index (χ4v) is 0.639. The highest BCUT2D eigenvalue weighted by molar-refractivity contribution is 5.57. The van der Waals surface area contributed by atoms with Crippen molar-refractivity contribution in [3.05, 3.63) is 30.6 Å². The van der Waals surface area contributed by atoms with Gasteiger partial charge in [0.25, 0.3) is 0 Å². The Hall–Kier alpha value is -1.31. The summed E-state index contributed by atoms with van der Waals surface area (Å²) in [5, 5.41) is 8.85. The summed E-state index contributed by atoms with van der Waals surface area (Å²) in [6.07, 6.45) is 1.41. The largest absolute Gasteiger partial charge is 0.506 e. The van der Waals surface area contributed by atoms with Gasteiger partial charge in [0.05, 0.1) is 11.9 Å². The third-order valence-electron chi connectivity index (χ3n) is 1.19. The predicted molar refractivity (Wildman–Crippen MR) is 40.6 cm³/mol. The SMILES string of the molecule is C=C(C)c1ccc(O)cn1. The van der Waals surface area contributed by atoms with E-state index in [9.17, 15) is 0 Å². The molecule has 0 aliphatic carbocycles. The van der Waals surface area contributed by atoms with Gasteiger partial charge in [-0.15, -0.1) is 0 Å².